The number of hydrogen-bond donors (Lipinski definition) is 2. The molecule has 1 aromatic rings. The minimum absolute atomic E-state index is 0.301. The molecule has 0 amide bonds. The molecule has 2 unspecified atom stereocenters. The zero-order valence-corrected chi connectivity index (χ0v) is 9.95. The number of fused-ring (bicyclic) bond motifs is 1. The summed E-state index contributed by atoms with van der Waals surface area (Å²) < 4.78 is 0. The number of hydrogen-bond acceptors (Lipinski definition) is 2. The molecule has 88 valence electrons. The molecule has 0 spiro atoms. The topological polar surface area (TPSA) is 32.3 Å². The Morgan fingerprint density at radius 1 is 1.44 bits per heavy atom. The number of aliphatic hydroxyl groups excluding tert-OH is 1. The van der Waals surface area contributed by atoms with Gasteiger partial charge in [-0.05, 0) is 36.4 Å². The predicted octanol–water partition coefficient (Wildman–Crippen LogP) is 1.93. The van der Waals surface area contributed by atoms with E-state index in [2.05, 4.69) is 36.5 Å². The normalized spacial score (nSPS) is 20.0. The molecule has 2 nitrogen and oxygen atoms in total. The molecule has 0 saturated heterocycles. The standard InChI is InChI=1S/C14H21NO/c1-11(6-7-16)9-15-10-13-8-12-4-2-3-5-14(12)13/h2-5,11,13,15-16H,6-10H2,1H3. The molecular weight excluding hydrogens is 198 g/mol. The number of nitrogens with one attached hydrogen (secondary N) is 1. The number of benzene rings is 1. The van der Waals surface area contributed by atoms with Crippen molar-refractivity contribution in [3.05, 3.63) is 35.4 Å². The van der Waals surface area contributed by atoms with Crippen LogP contribution in [-0.4, -0.2) is 24.8 Å². The zero-order valence-electron chi connectivity index (χ0n) is 9.95. The molecule has 0 radical (unpaired) electrons. The van der Waals surface area contributed by atoms with Gasteiger partial charge in [0.1, 0.15) is 0 Å². The number of rotatable bonds is 6. The van der Waals surface area contributed by atoms with Gasteiger partial charge in [0.25, 0.3) is 0 Å². The lowest BCUT2D eigenvalue weighted by molar-refractivity contribution is 0.259. The van der Waals surface area contributed by atoms with Gasteiger partial charge in [0, 0.05) is 19.1 Å². The predicted molar refractivity (Wildman–Crippen MR) is 66.6 cm³/mol. The molecule has 0 heterocycles. The van der Waals surface area contributed by atoms with E-state index >= 15 is 0 Å². The van der Waals surface area contributed by atoms with Crippen molar-refractivity contribution in [2.75, 3.05) is 19.7 Å². The lowest BCUT2D eigenvalue weighted by Crippen LogP contribution is -2.31. The summed E-state index contributed by atoms with van der Waals surface area (Å²) in [7, 11) is 0. The highest BCUT2D eigenvalue weighted by atomic mass is 16.3. The van der Waals surface area contributed by atoms with E-state index in [9.17, 15) is 0 Å². The van der Waals surface area contributed by atoms with E-state index in [1.807, 2.05) is 0 Å². The van der Waals surface area contributed by atoms with Crippen LogP contribution >= 0.6 is 0 Å². The largest absolute Gasteiger partial charge is 0.396 e. The number of aliphatic hydroxyl groups is 1. The minimum atomic E-state index is 0.301. The minimum Gasteiger partial charge on any atom is -0.396 e. The van der Waals surface area contributed by atoms with Crippen molar-refractivity contribution in [2.45, 2.75) is 25.7 Å². The maximum atomic E-state index is 8.80. The average Bonchev–Trinajstić information content (AvgIpc) is 2.25. The third-order valence-electron chi connectivity index (χ3n) is 3.47. The Balaban J connectivity index is 1.70. The molecule has 2 heteroatoms. The van der Waals surface area contributed by atoms with E-state index in [4.69, 9.17) is 5.11 Å². The van der Waals surface area contributed by atoms with Crippen LogP contribution in [0.25, 0.3) is 0 Å². The van der Waals surface area contributed by atoms with Crippen LogP contribution in [0.2, 0.25) is 0 Å². The van der Waals surface area contributed by atoms with Crippen molar-refractivity contribution in [1.82, 2.24) is 5.32 Å². The van der Waals surface area contributed by atoms with Crippen LogP contribution in [0.15, 0.2) is 24.3 Å². The maximum absolute atomic E-state index is 8.80. The molecule has 2 rings (SSSR count). The van der Waals surface area contributed by atoms with Gasteiger partial charge in [-0.1, -0.05) is 31.2 Å². The lowest BCUT2D eigenvalue weighted by Gasteiger charge is -2.30. The highest BCUT2D eigenvalue weighted by Crippen LogP contribution is 2.33. The lowest BCUT2D eigenvalue weighted by atomic mass is 9.77. The molecule has 1 aromatic carbocycles. The van der Waals surface area contributed by atoms with Crippen LogP contribution in [0, 0.1) is 5.92 Å². The van der Waals surface area contributed by atoms with Crippen LogP contribution in [0.1, 0.15) is 30.4 Å². The molecule has 0 fully saturated rings. The summed E-state index contributed by atoms with van der Waals surface area (Å²) in [5, 5.41) is 12.3. The van der Waals surface area contributed by atoms with E-state index in [1.54, 1.807) is 0 Å². The first-order valence-electron chi connectivity index (χ1n) is 6.20. The van der Waals surface area contributed by atoms with Gasteiger partial charge < -0.3 is 10.4 Å². The monoisotopic (exact) mass is 219 g/mol. The molecule has 1 aliphatic carbocycles. The van der Waals surface area contributed by atoms with E-state index in [0.29, 0.717) is 18.4 Å². The molecule has 2 atom stereocenters. The van der Waals surface area contributed by atoms with Gasteiger partial charge in [0.15, 0.2) is 0 Å². The highest BCUT2D eigenvalue weighted by Gasteiger charge is 2.24. The Kier molecular flexibility index (Phi) is 3.97. The molecule has 1 aliphatic rings. The summed E-state index contributed by atoms with van der Waals surface area (Å²) in [6.45, 7) is 4.57. The maximum Gasteiger partial charge on any atom is 0.0434 e. The first-order valence-corrected chi connectivity index (χ1v) is 6.20. The zero-order chi connectivity index (χ0) is 11.4. The van der Waals surface area contributed by atoms with E-state index < -0.39 is 0 Å². The van der Waals surface area contributed by atoms with Gasteiger partial charge in [-0.3, -0.25) is 0 Å². The third kappa shape index (κ3) is 2.63. The van der Waals surface area contributed by atoms with E-state index in [1.165, 1.54) is 17.5 Å². The van der Waals surface area contributed by atoms with Crippen LogP contribution in [0.5, 0.6) is 0 Å². The second-order valence-corrected chi connectivity index (χ2v) is 4.88. The smallest absolute Gasteiger partial charge is 0.0434 e. The highest BCUT2D eigenvalue weighted by molar-refractivity contribution is 5.40. The second kappa shape index (κ2) is 5.46. The summed E-state index contributed by atoms with van der Waals surface area (Å²) in [5.74, 6) is 1.28. The van der Waals surface area contributed by atoms with E-state index in [0.717, 1.165) is 19.5 Å². The Bertz CT molecular complexity index is 337. The summed E-state index contributed by atoms with van der Waals surface area (Å²) in [4.78, 5) is 0. The Morgan fingerprint density at radius 3 is 3.00 bits per heavy atom. The van der Waals surface area contributed by atoms with Crippen LogP contribution < -0.4 is 5.32 Å². The molecular formula is C14H21NO. The molecule has 2 N–H and O–H groups in total. The molecule has 0 aliphatic heterocycles. The molecule has 0 saturated carbocycles. The Morgan fingerprint density at radius 2 is 2.25 bits per heavy atom. The van der Waals surface area contributed by atoms with Gasteiger partial charge in [-0.25, -0.2) is 0 Å². The van der Waals surface area contributed by atoms with Crippen molar-refractivity contribution in [2.24, 2.45) is 5.92 Å². The van der Waals surface area contributed by atoms with Crippen molar-refractivity contribution in [3.8, 4) is 0 Å². The fraction of sp³-hybridized carbons (Fsp3) is 0.571. The summed E-state index contributed by atoms with van der Waals surface area (Å²) in [6.07, 6.45) is 2.12. The Labute approximate surface area is 97.7 Å². The van der Waals surface area contributed by atoms with Crippen molar-refractivity contribution in [3.63, 3.8) is 0 Å². The quantitative estimate of drug-likeness (QED) is 0.766. The molecule has 16 heavy (non-hydrogen) atoms. The summed E-state index contributed by atoms with van der Waals surface area (Å²) in [5.41, 5.74) is 3.03. The Hall–Kier alpha value is -0.860. The fourth-order valence-electron chi connectivity index (χ4n) is 2.37. The van der Waals surface area contributed by atoms with Gasteiger partial charge in [-0.2, -0.15) is 0 Å². The van der Waals surface area contributed by atoms with Crippen molar-refractivity contribution >= 4 is 0 Å². The van der Waals surface area contributed by atoms with Gasteiger partial charge >= 0.3 is 0 Å². The average molecular weight is 219 g/mol. The van der Waals surface area contributed by atoms with Crippen LogP contribution in [-0.2, 0) is 6.42 Å². The molecule has 0 aromatic heterocycles. The fourth-order valence-corrected chi connectivity index (χ4v) is 2.37. The van der Waals surface area contributed by atoms with Gasteiger partial charge in [0.2, 0.25) is 0 Å². The summed E-state index contributed by atoms with van der Waals surface area (Å²) in [6, 6.07) is 8.70. The van der Waals surface area contributed by atoms with Gasteiger partial charge in [-0.15, -0.1) is 0 Å². The van der Waals surface area contributed by atoms with Gasteiger partial charge in [0.05, 0.1) is 0 Å². The summed E-state index contributed by atoms with van der Waals surface area (Å²) >= 11 is 0. The van der Waals surface area contributed by atoms with Crippen LogP contribution in [0.4, 0.5) is 0 Å². The van der Waals surface area contributed by atoms with E-state index in [-0.39, 0.29) is 0 Å². The first kappa shape index (κ1) is 11.6. The SMILES string of the molecule is CC(CCO)CNCC1Cc2ccccc21. The van der Waals surface area contributed by atoms with Crippen molar-refractivity contribution < 1.29 is 5.11 Å². The van der Waals surface area contributed by atoms with Crippen molar-refractivity contribution in [1.29, 1.82) is 0 Å². The first-order chi connectivity index (χ1) is 7.81. The van der Waals surface area contributed by atoms with Crippen LogP contribution in [0.3, 0.4) is 0 Å². The third-order valence-corrected chi connectivity index (χ3v) is 3.47. The molecule has 0 bridgehead atoms. The second-order valence-electron chi connectivity index (χ2n) is 4.88.